The number of nitrogens with one attached hydrogen (secondary N) is 1. The summed E-state index contributed by atoms with van der Waals surface area (Å²) in [5, 5.41) is 14.0. The van der Waals surface area contributed by atoms with E-state index in [0.29, 0.717) is 23.6 Å². The summed E-state index contributed by atoms with van der Waals surface area (Å²) in [6.07, 6.45) is 2.15. The zero-order chi connectivity index (χ0) is 14.7. The molecule has 1 aromatic heterocycles. The lowest BCUT2D eigenvalue weighted by atomic mass is 10.1. The first-order valence-corrected chi connectivity index (χ1v) is 5.93. The van der Waals surface area contributed by atoms with Crippen LogP contribution in [-0.2, 0) is 0 Å². The first kappa shape index (κ1) is 13.7. The number of nitrogens with zero attached hydrogens (tertiary/aromatic N) is 2. The lowest BCUT2D eigenvalue weighted by molar-refractivity contribution is -0.384. The number of carbonyl (C=O) groups is 1. The van der Waals surface area contributed by atoms with E-state index in [1.54, 1.807) is 20.0 Å². The molecule has 104 valence electrons. The van der Waals surface area contributed by atoms with E-state index >= 15 is 0 Å². The average Bonchev–Trinajstić information content (AvgIpc) is 2.85. The summed E-state index contributed by atoms with van der Waals surface area (Å²) in [4.78, 5) is 25.2. The molecule has 0 bridgehead atoms. The van der Waals surface area contributed by atoms with Gasteiger partial charge in [0.2, 0.25) is 5.89 Å². The van der Waals surface area contributed by atoms with E-state index in [-0.39, 0.29) is 17.3 Å². The molecule has 0 saturated carbocycles. The fourth-order valence-corrected chi connectivity index (χ4v) is 1.76. The largest absolute Gasteiger partial charge is 0.444 e. The summed E-state index contributed by atoms with van der Waals surface area (Å²) in [5.74, 6) is 1.11. The van der Waals surface area contributed by atoms with Crippen LogP contribution < -0.4 is 5.32 Å². The monoisotopic (exact) mass is 275 g/mol. The molecule has 1 aromatic carbocycles. The minimum atomic E-state index is -0.539. The summed E-state index contributed by atoms with van der Waals surface area (Å²) in [5.41, 5.74) is 0.399. The predicted octanol–water partition coefficient (Wildman–Crippen LogP) is 2.88. The maximum Gasteiger partial charge on any atom is 0.293 e. The second-order valence-corrected chi connectivity index (χ2v) is 4.33. The van der Waals surface area contributed by atoms with Crippen molar-refractivity contribution in [2.45, 2.75) is 19.9 Å². The van der Waals surface area contributed by atoms with Gasteiger partial charge in [-0.05, 0) is 26.0 Å². The number of oxazole rings is 1. The number of hydrogen-bond donors (Lipinski definition) is 1. The highest BCUT2D eigenvalue weighted by molar-refractivity contribution is 5.79. The number of aromatic nitrogens is 1. The van der Waals surface area contributed by atoms with Gasteiger partial charge >= 0.3 is 0 Å². The van der Waals surface area contributed by atoms with Gasteiger partial charge in [-0.25, -0.2) is 4.98 Å². The van der Waals surface area contributed by atoms with Gasteiger partial charge in [-0.15, -0.1) is 0 Å². The summed E-state index contributed by atoms with van der Waals surface area (Å²) in [6, 6.07) is 3.90. The Balaban J connectivity index is 2.28. The highest BCUT2D eigenvalue weighted by Crippen LogP contribution is 2.28. The molecule has 2 aromatic rings. The molecule has 0 aliphatic carbocycles. The van der Waals surface area contributed by atoms with Crippen molar-refractivity contribution in [3.8, 4) is 0 Å². The van der Waals surface area contributed by atoms with Crippen molar-refractivity contribution in [1.29, 1.82) is 0 Å². The normalized spacial score (nSPS) is 11.9. The van der Waals surface area contributed by atoms with E-state index in [9.17, 15) is 14.9 Å². The molecule has 1 unspecified atom stereocenters. The number of carbonyl (C=O) groups excluding carboxylic acids is 1. The van der Waals surface area contributed by atoms with Crippen LogP contribution in [-0.4, -0.2) is 16.2 Å². The standard InChI is InChI=1S/C13H13N3O4/c1-8-6-14-13(20-8)9(2)15-11-4-3-10(7-17)5-12(11)16(18)19/h3-7,9,15H,1-2H3. The molecule has 20 heavy (non-hydrogen) atoms. The molecular formula is C13H13N3O4. The number of rotatable bonds is 5. The van der Waals surface area contributed by atoms with Crippen molar-refractivity contribution in [2.24, 2.45) is 0 Å². The quantitative estimate of drug-likeness (QED) is 0.511. The van der Waals surface area contributed by atoms with E-state index < -0.39 is 4.92 Å². The van der Waals surface area contributed by atoms with Crippen LogP contribution in [0, 0.1) is 17.0 Å². The van der Waals surface area contributed by atoms with Crippen molar-refractivity contribution in [3.63, 3.8) is 0 Å². The van der Waals surface area contributed by atoms with Gasteiger partial charge in [0.25, 0.3) is 5.69 Å². The number of benzene rings is 1. The molecule has 1 N–H and O–H groups in total. The van der Waals surface area contributed by atoms with Crippen LogP contribution in [0.2, 0.25) is 0 Å². The van der Waals surface area contributed by atoms with Gasteiger partial charge in [-0.1, -0.05) is 0 Å². The van der Waals surface area contributed by atoms with Gasteiger partial charge in [0.15, 0.2) is 0 Å². The number of aryl methyl sites for hydroxylation is 1. The lowest BCUT2D eigenvalue weighted by Crippen LogP contribution is -2.09. The SMILES string of the molecule is Cc1cnc(C(C)Nc2ccc(C=O)cc2[N+](=O)[O-])o1. The first-order valence-electron chi connectivity index (χ1n) is 5.93. The van der Waals surface area contributed by atoms with E-state index in [1.807, 2.05) is 0 Å². The average molecular weight is 275 g/mol. The molecule has 7 heteroatoms. The Morgan fingerprint density at radius 2 is 2.25 bits per heavy atom. The van der Waals surface area contributed by atoms with Gasteiger partial charge in [0.05, 0.1) is 11.1 Å². The second kappa shape index (κ2) is 5.52. The Bertz CT molecular complexity index is 651. The summed E-state index contributed by atoms with van der Waals surface area (Å²) in [7, 11) is 0. The molecule has 0 fully saturated rings. The number of hydrogen-bond acceptors (Lipinski definition) is 6. The van der Waals surface area contributed by atoms with Crippen LogP contribution >= 0.6 is 0 Å². The van der Waals surface area contributed by atoms with E-state index in [1.165, 1.54) is 18.2 Å². The molecule has 0 spiro atoms. The van der Waals surface area contributed by atoms with Gasteiger partial charge in [0.1, 0.15) is 23.8 Å². The highest BCUT2D eigenvalue weighted by atomic mass is 16.6. The predicted molar refractivity (Wildman–Crippen MR) is 71.8 cm³/mol. The zero-order valence-corrected chi connectivity index (χ0v) is 11.0. The van der Waals surface area contributed by atoms with E-state index in [2.05, 4.69) is 10.3 Å². The Hall–Kier alpha value is -2.70. The third kappa shape index (κ3) is 2.82. The van der Waals surface area contributed by atoms with Gasteiger partial charge < -0.3 is 9.73 Å². The maximum atomic E-state index is 11.0. The van der Waals surface area contributed by atoms with Crippen molar-refractivity contribution >= 4 is 17.7 Å². The van der Waals surface area contributed by atoms with Crippen LogP contribution in [0.5, 0.6) is 0 Å². The van der Waals surface area contributed by atoms with Crippen LogP contribution in [0.4, 0.5) is 11.4 Å². The topological polar surface area (TPSA) is 98.3 Å². The molecule has 0 saturated heterocycles. The number of nitro groups is 1. The van der Waals surface area contributed by atoms with Crippen LogP contribution in [0.3, 0.4) is 0 Å². The van der Waals surface area contributed by atoms with Crippen molar-refractivity contribution in [1.82, 2.24) is 4.98 Å². The summed E-state index contributed by atoms with van der Waals surface area (Å²) in [6.45, 7) is 3.55. The molecule has 1 heterocycles. The first-order chi connectivity index (χ1) is 9.51. The maximum absolute atomic E-state index is 11.0. The third-order valence-corrected chi connectivity index (χ3v) is 2.74. The molecule has 7 nitrogen and oxygen atoms in total. The smallest absolute Gasteiger partial charge is 0.293 e. The fourth-order valence-electron chi connectivity index (χ4n) is 1.76. The van der Waals surface area contributed by atoms with Crippen LogP contribution in [0.25, 0.3) is 0 Å². The minimum Gasteiger partial charge on any atom is -0.444 e. The summed E-state index contributed by atoms with van der Waals surface area (Å²) < 4.78 is 5.36. The minimum absolute atomic E-state index is 0.162. The Morgan fingerprint density at radius 1 is 1.50 bits per heavy atom. The number of anilines is 1. The van der Waals surface area contributed by atoms with Crippen molar-refractivity contribution in [2.75, 3.05) is 5.32 Å². The van der Waals surface area contributed by atoms with Gasteiger partial charge in [-0.2, -0.15) is 0 Å². The van der Waals surface area contributed by atoms with E-state index in [4.69, 9.17) is 4.42 Å². The van der Waals surface area contributed by atoms with Crippen molar-refractivity contribution in [3.05, 3.63) is 51.7 Å². The Labute approximate surface area is 114 Å². The molecule has 2 rings (SSSR count). The van der Waals surface area contributed by atoms with E-state index in [0.717, 1.165) is 0 Å². The molecule has 0 radical (unpaired) electrons. The second-order valence-electron chi connectivity index (χ2n) is 4.33. The third-order valence-electron chi connectivity index (χ3n) is 2.74. The molecule has 1 atom stereocenters. The summed E-state index contributed by atoms with van der Waals surface area (Å²) >= 11 is 0. The van der Waals surface area contributed by atoms with Gasteiger partial charge in [0, 0.05) is 11.6 Å². The molecule has 0 aliphatic heterocycles. The van der Waals surface area contributed by atoms with Gasteiger partial charge in [-0.3, -0.25) is 14.9 Å². The number of aldehydes is 1. The Morgan fingerprint density at radius 3 is 2.80 bits per heavy atom. The Kier molecular flexibility index (Phi) is 3.79. The molecule has 0 aliphatic rings. The lowest BCUT2D eigenvalue weighted by Gasteiger charge is -2.12. The molecular weight excluding hydrogens is 262 g/mol. The highest BCUT2D eigenvalue weighted by Gasteiger charge is 2.18. The number of nitro benzene ring substituents is 1. The van der Waals surface area contributed by atoms with Crippen LogP contribution in [0.15, 0.2) is 28.8 Å². The molecule has 0 amide bonds. The van der Waals surface area contributed by atoms with Crippen LogP contribution in [0.1, 0.15) is 35.0 Å². The van der Waals surface area contributed by atoms with Crippen molar-refractivity contribution < 1.29 is 14.1 Å². The fraction of sp³-hybridized carbons (Fsp3) is 0.231. The zero-order valence-electron chi connectivity index (χ0n) is 11.0.